The fraction of sp³-hybridized carbons (Fsp3) is 0.133. The van der Waals surface area contributed by atoms with E-state index in [-0.39, 0.29) is 6.61 Å². The summed E-state index contributed by atoms with van der Waals surface area (Å²) >= 11 is 0. The highest BCUT2D eigenvalue weighted by Gasteiger charge is 2.03. The summed E-state index contributed by atoms with van der Waals surface area (Å²) in [7, 11) is 1.33. The zero-order valence-electron chi connectivity index (χ0n) is 10.6. The molecule has 19 heavy (non-hydrogen) atoms. The third-order valence-electron chi connectivity index (χ3n) is 2.66. The van der Waals surface area contributed by atoms with E-state index in [4.69, 9.17) is 10.5 Å². The largest absolute Gasteiger partial charge is 0.482 e. The summed E-state index contributed by atoms with van der Waals surface area (Å²) in [5, 5.41) is 0. The quantitative estimate of drug-likeness (QED) is 0.675. The smallest absolute Gasteiger partial charge is 0.343 e. The monoisotopic (exact) mass is 257 g/mol. The van der Waals surface area contributed by atoms with E-state index >= 15 is 0 Å². The van der Waals surface area contributed by atoms with Crippen molar-refractivity contribution >= 4 is 11.7 Å². The van der Waals surface area contributed by atoms with E-state index in [9.17, 15) is 4.79 Å². The second-order valence-corrected chi connectivity index (χ2v) is 4.01. The molecule has 0 spiro atoms. The first-order valence-electron chi connectivity index (χ1n) is 5.84. The van der Waals surface area contributed by atoms with Crippen molar-refractivity contribution < 1.29 is 14.3 Å². The second-order valence-electron chi connectivity index (χ2n) is 4.01. The number of hydrogen-bond acceptors (Lipinski definition) is 4. The van der Waals surface area contributed by atoms with Crippen molar-refractivity contribution in [1.82, 2.24) is 0 Å². The number of esters is 1. The molecule has 0 aliphatic heterocycles. The van der Waals surface area contributed by atoms with Crippen LogP contribution in [0.3, 0.4) is 0 Å². The van der Waals surface area contributed by atoms with Gasteiger partial charge in [-0.25, -0.2) is 4.79 Å². The molecule has 0 aliphatic carbocycles. The molecule has 2 aromatic rings. The third kappa shape index (κ3) is 3.48. The molecular formula is C15H15NO3. The molecule has 0 fully saturated rings. The molecule has 0 atom stereocenters. The fourth-order valence-corrected chi connectivity index (χ4v) is 1.64. The predicted molar refractivity (Wildman–Crippen MR) is 73.8 cm³/mol. The summed E-state index contributed by atoms with van der Waals surface area (Å²) in [6.07, 6.45) is 0. The van der Waals surface area contributed by atoms with E-state index in [1.807, 2.05) is 42.5 Å². The number of ether oxygens (including phenoxy) is 2. The topological polar surface area (TPSA) is 61.5 Å². The number of nitrogen functional groups attached to an aromatic ring is 1. The first-order valence-corrected chi connectivity index (χ1v) is 5.84. The Morgan fingerprint density at radius 1 is 1.11 bits per heavy atom. The highest BCUT2D eigenvalue weighted by molar-refractivity contribution is 5.71. The second kappa shape index (κ2) is 5.91. The SMILES string of the molecule is COC(=O)COc1cccc(-c2ccc(N)cc2)c1. The maximum atomic E-state index is 11.0. The van der Waals surface area contributed by atoms with Gasteiger partial charge >= 0.3 is 5.97 Å². The van der Waals surface area contributed by atoms with Gasteiger partial charge in [-0.3, -0.25) is 0 Å². The van der Waals surface area contributed by atoms with Crippen LogP contribution in [0.1, 0.15) is 0 Å². The van der Waals surface area contributed by atoms with Crippen LogP contribution in [0, 0.1) is 0 Å². The van der Waals surface area contributed by atoms with Gasteiger partial charge in [-0.05, 0) is 35.4 Å². The number of methoxy groups -OCH3 is 1. The van der Waals surface area contributed by atoms with Crippen molar-refractivity contribution in [3.05, 3.63) is 48.5 Å². The van der Waals surface area contributed by atoms with Crippen molar-refractivity contribution in [1.29, 1.82) is 0 Å². The molecule has 0 aromatic heterocycles. The average molecular weight is 257 g/mol. The number of anilines is 1. The lowest BCUT2D eigenvalue weighted by atomic mass is 10.1. The molecule has 0 amide bonds. The fourth-order valence-electron chi connectivity index (χ4n) is 1.64. The van der Waals surface area contributed by atoms with Crippen LogP contribution in [0.4, 0.5) is 5.69 Å². The van der Waals surface area contributed by atoms with Crippen LogP contribution < -0.4 is 10.5 Å². The van der Waals surface area contributed by atoms with Crippen LogP contribution in [0.2, 0.25) is 0 Å². The highest BCUT2D eigenvalue weighted by Crippen LogP contribution is 2.24. The highest BCUT2D eigenvalue weighted by atomic mass is 16.6. The lowest BCUT2D eigenvalue weighted by Crippen LogP contribution is -2.12. The Kier molecular flexibility index (Phi) is 4.03. The zero-order chi connectivity index (χ0) is 13.7. The van der Waals surface area contributed by atoms with E-state index in [2.05, 4.69) is 4.74 Å². The zero-order valence-corrected chi connectivity index (χ0v) is 10.6. The van der Waals surface area contributed by atoms with Gasteiger partial charge in [-0.15, -0.1) is 0 Å². The summed E-state index contributed by atoms with van der Waals surface area (Å²) < 4.78 is 9.87. The first-order chi connectivity index (χ1) is 9.19. The molecule has 0 saturated carbocycles. The van der Waals surface area contributed by atoms with Crippen molar-refractivity contribution in [2.75, 3.05) is 19.5 Å². The van der Waals surface area contributed by atoms with Crippen LogP contribution in [0.15, 0.2) is 48.5 Å². The van der Waals surface area contributed by atoms with E-state index in [1.165, 1.54) is 7.11 Å². The normalized spacial score (nSPS) is 9.95. The minimum absolute atomic E-state index is 0.0955. The Labute approximate surface area is 111 Å². The van der Waals surface area contributed by atoms with Crippen LogP contribution in [-0.2, 0) is 9.53 Å². The average Bonchev–Trinajstić information content (AvgIpc) is 2.46. The van der Waals surface area contributed by atoms with Crippen molar-refractivity contribution in [2.24, 2.45) is 0 Å². The summed E-state index contributed by atoms with van der Waals surface area (Å²) in [6, 6.07) is 15.1. The van der Waals surface area contributed by atoms with Gasteiger partial charge in [-0.1, -0.05) is 24.3 Å². The maximum absolute atomic E-state index is 11.0. The molecule has 0 saturated heterocycles. The lowest BCUT2D eigenvalue weighted by Gasteiger charge is -2.07. The van der Waals surface area contributed by atoms with Gasteiger partial charge in [0.25, 0.3) is 0 Å². The summed E-state index contributed by atoms with van der Waals surface area (Å²) in [5.41, 5.74) is 8.42. The molecule has 2 rings (SSSR count). The molecule has 2 N–H and O–H groups in total. The Hall–Kier alpha value is -2.49. The lowest BCUT2D eigenvalue weighted by molar-refractivity contribution is -0.142. The minimum atomic E-state index is -0.405. The van der Waals surface area contributed by atoms with Gasteiger partial charge in [0, 0.05) is 5.69 Å². The van der Waals surface area contributed by atoms with Crippen LogP contribution in [0.5, 0.6) is 5.75 Å². The molecule has 0 radical (unpaired) electrons. The summed E-state index contributed by atoms with van der Waals surface area (Å²) in [6.45, 7) is -0.0955. The number of hydrogen-bond donors (Lipinski definition) is 1. The number of carbonyl (C=O) groups is 1. The van der Waals surface area contributed by atoms with Gasteiger partial charge in [-0.2, -0.15) is 0 Å². The first kappa shape index (κ1) is 13.0. The molecule has 4 nitrogen and oxygen atoms in total. The number of benzene rings is 2. The van der Waals surface area contributed by atoms with E-state index < -0.39 is 5.97 Å². The van der Waals surface area contributed by atoms with Crippen molar-refractivity contribution in [2.45, 2.75) is 0 Å². The molecule has 0 heterocycles. The molecule has 0 bridgehead atoms. The molecular weight excluding hydrogens is 242 g/mol. The maximum Gasteiger partial charge on any atom is 0.343 e. The van der Waals surface area contributed by atoms with Gasteiger partial charge in [0.2, 0.25) is 0 Å². The summed E-state index contributed by atoms with van der Waals surface area (Å²) in [4.78, 5) is 11.0. The van der Waals surface area contributed by atoms with E-state index in [0.29, 0.717) is 5.75 Å². The molecule has 4 heteroatoms. The Balaban J connectivity index is 2.15. The van der Waals surface area contributed by atoms with Gasteiger partial charge in [0.1, 0.15) is 5.75 Å². The number of rotatable bonds is 4. The number of nitrogens with two attached hydrogens (primary N) is 1. The van der Waals surface area contributed by atoms with Crippen molar-refractivity contribution in [3.63, 3.8) is 0 Å². The minimum Gasteiger partial charge on any atom is -0.482 e. The van der Waals surface area contributed by atoms with Crippen LogP contribution in [0.25, 0.3) is 11.1 Å². The molecule has 98 valence electrons. The van der Waals surface area contributed by atoms with Crippen LogP contribution in [-0.4, -0.2) is 19.7 Å². The van der Waals surface area contributed by atoms with Gasteiger partial charge < -0.3 is 15.2 Å². The molecule has 2 aromatic carbocycles. The Morgan fingerprint density at radius 3 is 2.53 bits per heavy atom. The number of carbonyl (C=O) groups excluding carboxylic acids is 1. The van der Waals surface area contributed by atoms with Gasteiger partial charge in [0.05, 0.1) is 7.11 Å². The van der Waals surface area contributed by atoms with Crippen molar-refractivity contribution in [3.8, 4) is 16.9 Å². The summed E-state index contributed by atoms with van der Waals surface area (Å²) in [5.74, 6) is 0.220. The third-order valence-corrected chi connectivity index (χ3v) is 2.66. The Morgan fingerprint density at radius 2 is 1.84 bits per heavy atom. The van der Waals surface area contributed by atoms with E-state index in [0.717, 1.165) is 16.8 Å². The standard InChI is InChI=1S/C15H15NO3/c1-18-15(17)10-19-14-4-2-3-12(9-14)11-5-7-13(16)8-6-11/h2-9H,10,16H2,1H3. The van der Waals surface area contributed by atoms with E-state index in [1.54, 1.807) is 6.07 Å². The van der Waals surface area contributed by atoms with Crippen LogP contribution >= 0.6 is 0 Å². The van der Waals surface area contributed by atoms with Gasteiger partial charge in [0.15, 0.2) is 6.61 Å². The Bertz CT molecular complexity index is 564. The molecule has 0 aliphatic rings. The molecule has 0 unspecified atom stereocenters. The predicted octanol–water partition coefficient (Wildman–Crippen LogP) is 2.49.